The summed E-state index contributed by atoms with van der Waals surface area (Å²) in [5.74, 6) is 0.783. The SMILES string of the molecule is C=C.C=C1/C=C\C(c2cccc(C)c2)=C/N(C/C=C\C=C/C)c2ccccc21.CC.Cc1ccccc1-c1ccccc1-c1cccc(-c2cc(-c3ccc(-c4ccccc4)cc3)nc(C3=CC=CC3)n2)c1. The zero-order chi connectivity index (χ0) is 50.7. The molecule has 3 heteroatoms. The van der Waals surface area contributed by atoms with Crippen LogP contribution in [0.25, 0.3) is 72.6 Å². The summed E-state index contributed by atoms with van der Waals surface area (Å²) in [6.45, 7) is 21.4. The van der Waals surface area contributed by atoms with E-state index in [1.165, 1.54) is 66.9 Å². The van der Waals surface area contributed by atoms with E-state index in [2.05, 4.69) is 269 Å². The highest BCUT2D eigenvalue weighted by molar-refractivity contribution is 5.89. The van der Waals surface area contributed by atoms with Crippen molar-refractivity contribution in [2.24, 2.45) is 0 Å². The molecule has 0 unspecified atom stereocenters. The average molecular weight is 936 g/mol. The number of aromatic nitrogens is 2. The van der Waals surface area contributed by atoms with Gasteiger partial charge in [-0.1, -0.05) is 244 Å². The number of anilines is 1. The van der Waals surface area contributed by atoms with E-state index in [1.54, 1.807) is 0 Å². The van der Waals surface area contributed by atoms with E-state index >= 15 is 0 Å². The lowest BCUT2D eigenvalue weighted by atomic mass is 9.91. The Balaban J connectivity index is 0.000000218. The molecule has 1 aromatic heterocycles. The van der Waals surface area contributed by atoms with Gasteiger partial charge in [-0.05, 0) is 101 Å². The zero-order valence-electron chi connectivity index (χ0n) is 42.5. The fourth-order valence-corrected chi connectivity index (χ4v) is 8.72. The van der Waals surface area contributed by atoms with Crippen LogP contribution in [0.3, 0.4) is 0 Å². The van der Waals surface area contributed by atoms with Crippen molar-refractivity contribution in [1.29, 1.82) is 0 Å². The molecule has 0 radical (unpaired) electrons. The van der Waals surface area contributed by atoms with Crippen molar-refractivity contribution >= 4 is 22.4 Å². The first-order valence-corrected chi connectivity index (χ1v) is 24.9. The molecule has 0 fully saturated rings. The second-order valence-electron chi connectivity index (χ2n) is 17.1. The van der Waals surface area contributed by atoms with Gasteiger partial charge in [-0.25, -0.2) is 9.97 Å². The summed E-state index contributed by atoms with van der Waals surface area (Å²) in [6, 6.07) is 64.3. The van der Waals surface area contributed by atoms with Gasteiger partial charge in [0.05, 0.1) is 11.4 Å². The third kappa shape index (κ3) is 12.8. The Labute approximate surface area is 429 Å². The highest BCUT2D eigenvalue weighted by Gasteiger charge is 2.16. The smallest absolute Gasteiger partial charge is 0.156 e. The van der Waals surface area contributed by atoms with Gasteiger partial charge in [0.1, 0.15) is 0 Å². The number of fused-ring (bicyclic) bond motifs is 1. The molecule has 7 aromatic carbocycles. The average Bonchev–Trinajstić information content (AvgIpc) is 4.00. The van der Waals surface area contributed by atoms with E-state index < -0.39 is 0 Å². The van der Waals surface area contributed by atoms with E-state index in [0.29, 0.717) is 0 Å². The maximum atomic E-state index is 5.09. The maximum Gasteiger partial charge on any atom is 0.156 e. The summed E-state index contributed by atoms with van der Waals surface area (Å²) in [4.78, 5) is 12.4. The van der Waals surface area contributed by atoms with Gasteiger partial charge in [-0.2, -0.15) is 0 Å². The minimum Gasteiger partial charge on any atom is -0.343 e. The summed E-state index contributed by atoms with van der Waals surface area (Å²) in [6.07, 6.45) is 22.1. The lowest BCUT2D eigenvalue weighted by molar-refractivity contribution is 1.08. The zero-order valence-corrected chi connectivity index (χ0v) is 42.5. The fourth-order valence-electron chi connectivity index (χ4n) is 8.72. The number of hydrogen-bond donors (Lipinski definition) is 0. The third-order valence-corrected chi connectivity index (χ3v) is 12.3. The van der Waals surface area contributed by atoms with Crippen molar-refractivity contribution in [1.82, 2.24) is 9.97 Å². The number of aryl methyl sites for hydroxylation is 2. The number of allylic oxidation sites excluding steroid dienone is 11. The topological polar surface area (TPSA) is 29.0 Å². The molecule has 0 amide bonds. The number of nitrogens with zero attached hydrogens (tertiary/aromatic N) is 3. The molecule has 2 heterocycles. The minimum absolute atomic E-state index is 0.783. The predicted molar refractivity (Wildman–Crippen MR) is 313 cm³/mol. The van der Waals surface area contributed by atoms with Gasteiger partial charge in [-0.3, -0.25) is 0 Å². The van der Waals surface area contributed by atoms with Crippen LogP contribution in [0.4, 0.5) is 5.69 Å². The molecule has 0 N–H and O–H groups in total. The highest BCUT2D eigenvalue weighted by Crippen LogP contribution is 2.37. The molecule has 1 aliphatic heterocycles. The third-order valence-electron chi connectivity index (χ3n) is 12.3. The summed E-state index contributed by atoms with van der Waals surface area (Å²) in [7, 11) is 0. The lowest BCUT2D eigenvalue weighted by Crippen LogP contribution is -2.18. The number of para-hydroxylation sites is 1. The molecular formula is C69H65N3. The Hall–Kier alpha value is -8.66. The van der Waals surface area contributed by atoms with Crippen LogP contribution in [0.1, 0.15) is 55.3 Å². The molecule has 0 atom stereocenters. The van der Waals surface area contributed by atoms with Gasteiger partial charge in [0.2, 0.25) is 0 Å². The summed E-state index contributed by atoms with van der Waals surface area (Å²) in [5, 5.41) is 0. The van der Waals surface area contributed by atoms with E-state index in [9.17, 15) is 0 Å². The summed E-state index contributed by atoms with van der Waals surface area (Å²) < 4.78 is 0. The maximum absolute atomic E-state index is 5.09. The van der Waals surface area contributed by atoms with Crippen LogP contribution in [0.5, 0.6) is 0 Å². The molecule has 356 valence electrons. The Morgan fingerprint density at radius 3 is 1.85 bits per heavy atom. The van der Waals surface area contributed by atoms with E-state index in [-0.39, 0.29) is 0 Å². The van der Waals surface area contributed by atoms with Crippen LogP contribution in [0, 0.1) is 13.8 Å². The Morgan fingerprint density at radius 2 is 1.14 bits per heavy atom. The summed E-state index contributed by atoms with van der Waals surface area (Å²) >= 11 is 0. The molecule has 0 spiro atoms. The molecule has 10 rings (SSSR count). The molecule has 2 aliphatic rings. The van der Waals surface area contributed by atoms with Gasteiger partial charge in [0, 0.05) is 40.7 Å². The first-order valence-electron chi connectivity index (χ1n) is 24.9. The van der Waals surface area contributed by atoms with E-state index in [4.69, 9.17) is 9.97 Å². The molecule has 1 aliphatic carbocycles. The van der Waals surface area contributed by atoms with Crippen molar-refractivity contribution in [3.8, 4) is 55.9 Å². The molecule has 72 heavy (non-hydrogen) atoms. The van der Waals surface area contributed by atoms with Crippen LogP contribution in [-0.2, 0) is 0 Å². The predicted octanol–water partition coefficient (Wildman–Crippen LogP) is 18.8. The fraction of sp³-hybridized carbons (Fsp3) is 0.101. The van der Waals surface area contributed by atoms with Crippen molar-refractivity contribution in [2.45, 2.75) is 41.0 Å². The second-order valence-corrected chi connectivity index (χ2v) is 17.1. The first kappa shape index (κ1) is 51.2. The Morgan fingerprint density at radius 1 is 0.542 bits per heavy atom. The summed E-state index contributed by atoms with van der Waals surface area (Å²) in [5.41, 5.74) is 20.7. The van der Waals surface area contributed by atoms with Crippen LogP contribution in [-0.4, -0.2) is 16.5 Å². The quantitative estimate of drug-likeness (QED) is 0.101. The van der Waals surface area contributed by atoms with Gasteiger partial charge < -0.3 is 4.90 Å². The molecule has 3 nitrogen and oxygen atoms in total. The Bertz CT molecular complexity index is 3290. The molecule has 8 aromatic rings. The lowest BCUT2D eigenvalue weighted by Gasteiger charge is -2.25. The highest BCUT2D eigenvalue weighted by atomic mass is 15.1. The van der Waals surface area contributed by atoms with Gasteiger partial charge in [0.25, 0.3) is 0 Å². The largest absolute Gasteiger partial charge is 0.343 e. The number of benzene rings is 7. The van der Waals surface area contributed by atoms with Crippen molar-refractivity contribution in [3.63, 3.8) is 0 Å². The van der Waals surface area contributed by atoms with Crippen LogP contribution in [0.15, 0.2) is 263 Å². The number of rotatable bonds is 10. The molecule has 0 saturated carbocycles. The van der Waals surface area contributed by atoms with Crippen molar-refractivity contribution < 1.29 is 0 Å². The van der Waals surface area contributed by atoms with Crippen molar-refractivity contribution in [2.75, 3.05) is 11.4 Å². The van der Waals surface area contributed by atoms with Gasteiger partial charge in [0.15, 0.2) is 5.82 Å². The van der Waals surface area contributed by atoms with E-state index in [0.717, 1.165) is 52.5 Å². The minimum atomic E-state index is 0.783. The molecular weight excluding hydrogens is 871 g/mol. The second kappa shape index (κ2) is 25.8. The van der Waals surface area contributed by atoms with Crippen molar-refractivity contribution in [3.05, 3.63) is 291 Å². The number of hydrogen-bond acceptors (Lipinski definition) is 3. The molecule has 0 saturated heterocycles. The Kier molecular flexibility index (Phi) is 18.3. The van der Waals surface area contributed by atoms with Gasteiger partial charge >= 0.3 is 0 Å². The standard InChI is InChI=1S/C40H30N2.C25H25N.C2H6.C2H4/c1-28-12-5-8-19-35(28)37-21-10-9-20-36(37)33-17-11-18-34(26-33)39-27-38(41-40(42-39)32-15-6-7-16-32)31-24-22-30(23-25-31)29-13-3-2-4-14-29;1-4-5-6-9-17-26-19-23(22-12-10-11-20(2)18-22)16-15-21(3)24-13-7-8-14-25(24)26;2*1-2/h2-15,17-27H,16H2,1H3;4-16,18-19H,3,17H2,1-2H3;1-2H3;1-2H2/b;5-4-,9-6-,16-15-,23-19+;;. The first-order chi connectivity index (χ1) is 35.4. The monoisotopic (exact) mass is 936 g/mol. The van der Waals surface area contributed by atoms with Crippen LogP contribution < -0.4 is 4.90 Å². The van der Waals surface area contributed by atoms with Crippen LogP contribution in [0.2, 0.25) is 0 Å². The van der Waals surface area contributed by atoms with E-state index in [1.807, 2.05) is 32.9 Å². The van der Waals surface area contributed by atoms with Gasteiger partial charge in [-0.15, -0.1) is 13.2 Å². The molecule has 0 bridgehead atoms. The normalized spacial score (nSPS) is 13.7. The van der Waals surface area contributed by atoms with Crippen LogP contribution >= 0.6 is 0 Å².